The van der Waals surface area contributed by atoms with Crippen molar-refractivity contribution in [2.45, 2.75) is 19.9 Å². The maximum absolute atomic E-state index is 3.45. The van der Waals surface area contributed by atoms with Crippen molar-refractivity contribution in [1.82, 2.24) is 4.90 Å². The van der Waals surface area contributed by atoms with Crippen LogP contribution >= 0.6 is 15.9 Å². The third kappa shape index (κ3) is 3.81. The number of rotatable bonds is 5. The maximum Gasteiger partial charge on any atom is 0.0233 e. The topological polar surface area (TPSA) is 3.24 Å². The smallest absolute Gasteiger partial charge is 0.0233 e. The summed E-state index contributed by atoms with van der Waals surface area (Å²) in [4.78, 5) is 2.36. The summed E-state index contributed by atoms with van der Waals surface area (Å²) in [6.45, 7) is 4.38. The number of aryl methyl sites for hydroxylation is 1. The first kappa shape index (κ1) is 11.7. The minimum Gasteiger partial charge on any atom is -0.302 e. The van der Waals surface area contributed by atoms with Gasteiger partial charge in [-0.3, -0.25) is 0 Å². The standard InChI is InChI=1S/C12H18BrN/c1-11-6-3-4-7-12(11)10-14(2)9-5-8-13/h3-4,6-7H,5,8-10H2,1-2H3. The Bertz CT molecular complexity index is 273. The summed E-state index contributed by atoms with van der Waals surface area (Å²) in [6.07, 6.45) is 1.21. The molecule has 0 bridgehead atoms. The first-order chi connectivity index (χ1) is 6.74. The lowest BCUT2D eigenvalue weighted by Gasteiger charge is -2.17. The minimum absolute atomic E-state index is 1.06. The van der Waals surface area contributed by atoms with Gasteiger partial charge in [0.05, 0.1) is 0 Å². The summed E-state index contributed by atoms with van der Waals surface area (Å²) in [7, 11) is 2.18. The lowest BCUT2D eigenvalue weighted by Crippen LogP contribution is -2.19. The van der Waals surface area contributed by atoms with Crippen LogP contribution in [0.4, 0.5) is 0 Å². The van der Waals surface area contributed by atoms with Gasteiger partial charge in [0.15, 0.2) is 0 Å². The first-order valence-electron chi connectivity index (χ1n) is 5.03. The molecule has 78 valence electrons. The van der Waals surface area contributed by atoms with E-state index in [1.165, 1.54) is 17.5 Å². The van der Waals surface area contributed by atoms with Crippen molar-refractivity contribution >= 4 is 15.9 Å². The van der Waals surface area contributed by atoms with E-state index in [-0.39, 0.29) is 0 Å². The Morgan fingerprint density at radius 3 is 2.64 bits per heavy atom. The lowest BCUT2D eigenvalue weighted by atomic mass is 10.1. The van der Waals surface area contributed by atoms with E-state index in [0.717, 1.165) is 18.4 Å². The largest absolute Gasteiger partial charge is 0.302 e. The summed E-state index contributed by atoms with van der Waals surface area (Å²) in [6, 6.07) is 8.59. The Balaban J connectivity index is 2.47. The number of alkyl halides is 1. The molecule has 0 amide bonds. The SMILES string of the molecule is Cc1ccccc1CN(C)CCCBr. The maximum atomic E-state index is 3.45. The van der Waals surface area contributed by atoms with Gasteiger partial charge >= 0.3 is 0 Å². The van der Waals surface area contributed by atoms with E-state index in [1.54, 1.807) is 0 Å². The molecule has 0 unspecified atom stereocenters. The van der Waals surface area contributed by atoms with Crippen molar-refractivity contribution in [3.05, 3.63) is 35.4 Å². The van der Waals surface area contributed by atoms with Crippen molar-refractivity contribution in [3.63, 3.8) is 0 Å². The monoisotopic (exact) mass is 255 g/mol. The molecule has 0 aliphatic rings. The summed E-state index contributed by atoms with van der Waals surface area (Å²) >= 11 is 3.45. The Labute approximate surface area is 95.2 Å². The summed E-state index contributed by atoms with van der Waals surface area (Å²) in [5, 5.41) is 1.09. The molecule has 0 saturated carbocycles. The minimum atomic E-state index is 1.06. The Morgan fingerprint density at radius 1 is 1.29 bits per heavy atom. The molecule has 2 heteroatoms. The van der Waals surface area contributed by atoms with Gasteiger partial charge in [0.1, 0.15) is 0 Å². The average Bonchev–Trinajstić information content (AvgIpc) is 2.18. The summed E-state index contributed by atoms with van der Waals surface area (Å²) < 4.78 is 0. The van der Waals surface area contributed by atoms with Crippen molar-refractivity contribution < 1.29 is 0 Å². The van der Waals surface area contributed by atoms with Gasteiger partial charge in [-0.25, -0.2) is 0 Å². The molecule has 1 aromatic rings. The van der Waals surface area contributed by atoms with Crippen LogP contribution in [0.2, 0.25) is 0 Å². The first-order valence-corrected chi connectivity index (χ1v) is 6.15. The van der Waals surface area contributed by atoms with Crippen LogP contribution in [0.5, 0.6) is 0 Å². The number of hydrogen-bond acceptors (Lipinski definition) is 1. The quantitative estimate of drug-likeness (QED) is 0.731. The van der Waals surface area contributed by atoms with E-state index in [0.29, 0.717) is 0 Å². The predicted octanol–water partition coefficient (Wildman–Crippen LogP) is 3.21. The highest BCUT2D eigenvalue weighted by atomic mass is 79.9. The van der Waals surface area contributed by atoms with Gasteiger partial charge in [-0.15, -0.1) is 0 Å². The Morgan fingerprint density at radius 2 is 2.00 bits per heavy atom. The molecule has 14 heavy (non-hydrogen) atoms. The fourth-order valence-corrected chi connectivity index (χ4v) is 1.74. The molecule has 0 atom stereocenters. The van der Waals surface area contributed by atoms with Crippen molar-refractivity contribution in [2.24, 2.45) is 0 Å². The van der Waals surface area contributed by atoms with Crippen LogP contribution in [0.15, 0.2) is 24.3 Å². The molecule has 0 radical (unpaired) electrons. The van der Waals surface area contributed by atoms with Gasteiger partial charge in [0.2, 0.25) is 0 Å². The van der Waals surface area contributed by atoms with E-state index in [1.807, 2.05) is 0 Å². The second-order valence-corrected chi connectivity index (χ2v) is 4.50. The zero-order valence-electron chi connectivity index (χ0n) is 8.96. The van der Waals surface area contributed by atoms with Crippen molar-refractivity contribution in [3.8, 4) is 0 Å². The third-order valence-corrected chi connectivity index (χ3v) is 2.94. The van der Waals surface area contributed by atoms with E-state index in [9.17, 15) is 0 Å². The van der Waals surface area contributed by atoms with Crippen LogP contribution in [0, 0.1) is 6.92 Å². The fourth-order valence-electron chi connectivity index (χ4n) is 1.49. The Kier molecular flexibility index (Phi) is 5.20. The second kappa shape index (κ2) is 6.20. The van der Waals surface area contributed by atoms with Crippen molar-refractivity contribution in [2.75, 3.05) is 18.9 Å². The number of nitrogens with zero attached hydrogens (tertiary/aromatic N) is 1. The van der Waals surface area contributed by atoms with Crippen LogP contribution in [-0.4, -0.2) is 23.8 Å². The van der Waals surface area contributed by atoms with Crippen LogP contribution < -0.4 is 0 Å². The molecule has 0 saturated heterocycles. The van der Waals surface area contributed by atoms with Gasteiger partial charge < -0.3 is 4.90 Å². The Hall–Kier alpha value is -0.340. The molecule has 0 spiro atoms. The highest BCUT2D eigenvalue weighted by Gasteiger charge is 2.01. The highest BCUT2D eigenvalue weighted by molar-refractivity contribution is 9.09. The molecular formula is C12H18BrN. The zero-order chi connectivity index (χ0) is 10.4. The molecule has 1 nitrogen and oxygen atoms in total. The molecular weight excluding hydrogens is 238 g/mol. The highest BCUT2D eigenvalue weighted by Crippen LogP contribution is 2.09. The molecule has 0 aliphatic carbocycles. The molecule has 0 aliphatic heterocycles. The number of halogens is 1. The molecule has 0 heterocycles. The van der Waals surface area contributed by atoms with Crippen molar-refractivity contribution in [1.29, 1.82) is 0 Å². The predicted molar refractivity (Wildman–Crippen MR) is 65.9 cm³/mol. The van der Waals surface area contributed by atoms with E-state index in [4.69, 9.17) is 0 Å². The van der Waals surface area contributed by atoms with E-state index >= 15 is 0 Å². The summed E-state index contributed by atoms with van der Waals surface area (Å²) in [5.41, 5.74) is 2.82. The van der Waals surface area contributed by atoms with Crippen LogP contribution in [0.1, 0.15) is 17.5 Å². The average molecular weight is 256 g/mol. The van der Waals surface area contributed by atoms with Gasteiger partial charge in [-0.2, -0.15) is 0 Å². The molecule has 1 rings (SSSR count). The third-order valence-electron chi connectivity index (χ3n) is 2.37. The van der Waals surface area contributed by atoms with Crippen LogP contribution in [0.25, 0.3) is 0 Å². The normalized spacial score (nSPS) is 10.9. The second-order valence-electron chi connectivity index (χ2n) is 3.71. The van der Waals surface area contributed by atoms with Crippen LogP contribution in [0.3, 0.4) is 0 Å². The van der Waals surface area contributed by atoms with E-state index < -0.39 is 0 Å². The number of benzene rings is 1. The fraction of sp³-hybridized carbons (Fsp3) is 0.500. The molecule has 0 N–H and O–H groups in total. The molecule has 1 aromatic carbocycles. The number of hydrogen-bond donors (Lipinski definition) is 0. The zero-order valence-corrected chi connectivity index (χ0v) is 10.5. The van der Waals surface area contributed by atoms with Gasteiger partial charge in [-0.05, 0) is 38.1 Å². The summed E-state index contributed by atoms with van der Waals surface area (Å²) in [5.74, 6) is 0. The molecule has 0 aromatic heterocycles. The van der Waals surface area contributed by atoms with Crippen LogP contribution in [-0.2, 0) is 6.54 Å². The van der Waals surface area contributed by atoms with Gasteiger partial charge in [0.25, 0.3) is 0 Å². The van der Waals surface area contributed by atoms with E-state index in [2.05, 4.69) is 59.1 Å². The molecule has 0 fully saturated rings. The lowest BCUT2D eigenvalue weighted by molar-refractivity contribution is 0.328. The van der Waals surface area contributed by atoms with Gasteiger partial charge in [-0.1, -0.05) is 40.2 Å². The van der Waals surface area contributed by atoms with Gasteiger partial charge in [0, 0.05) is 11.9 Å².